The van der Waals surface area contributed by atoms with Crippen molar-refractivity contribution in [2.75, 3.05) is 11.4 Å². The molecule has 2 rings (SSSR count). The normalized spacial score (nSPS) is 10.3. The van der Waals surface area contributed by atoms with Crippen LogP contribution >= 0.6 is 22.6 Å². The maximum atomic E-state index is 10.8. The van der Waals surface area contributed by atoms with Crippen molar-refractivity contribution in [3.05, 3.63) is 62.0 Å². The van der Waals surface area contributed by atoms with Crippen molar-refractivity contribution in [3.63, 3.8) is 0 Å². The van der Waals surface area contributed by atoms with Crippen LogP contribution in [0.25, 0.3) is 0 Å². The highest BCUT2D eigenvalue weighted by Crippen LogP contribution is 2.27. The molecule has 0 aliphatic rings. The van der Waals surface area contributed by atoms with E-state index in [0.29, 0.717) is 3.57 Å². The lowest BCUT2D eigenvalue weighted by Gasteiger charge is -2.23. The number of nitro groups is 1. The topological polar surface area (TPSA) is 59.3 Å². The lowest BCUT2D eigenvalue weighted by molar-refractivity contribution is -0.385. The summed E-state index contributed by atoms with van der Waals surface area (Å²) in [5, 5.41) is 10.8. The van der Waals surface area contributed by atoms with Gasteiger partial charge in [-0.15, -0.1) is 0 Å². The average Bonchev–Trinajstić information content (AvgIpc) is 2.45. The van der Waals surface area contributed by atoms with Gasteiger partial charge in [0.05, 0.1) is 8.49 Å². The van der Waals surface area contributed by atoms with E-state index in [2.05, 4.69) is 16.8 Å². The molecule has 0 atom stereocenters. The molecule has 1 aromatic carbocycles. The van der Waals surface area contributed by atoms with Crippen LogP contribution in [0, 0.1) is 13.7 Å². The van der Waals surface area contributed by atoms with E-state index in [-0.39, 0.29) is 10.6 Å². The number of benzene rings is 1. The fraction of sp³-hybridized carbons (Fsp3) is 0.214. The number of aromatic nitrogens is 1. The second-order valence-electron chi connectivity index (χ2n) is 4.26. The van der Waals surface area contributed by atoms with Gasteiger partial charge in [-0.05, 0) is 59.3 Å². The Morgan fingerprint density at radius 3 is 2.55 bits per heavy atom. The van der Waals surface area contributed by atoms with Crippen LogP contribution in [0.2, 0.25) is 0 Å². The molecule has 6 heteroatoms. The molecule has 20 heavy (non-hydrogen) atoms. The monoisotopic (exact) mass is 383 g/mol. The zero-order valence-corrected chi connectivity index (χ0v) is 13.1. The van der Waals surface area contributed by atoms with E-state index in [9.17, 15) is 10.1 Å². The maximum Gasteiger partial charge on any atom is 0.282 e. The third-order valence-corrected chi connectivity index (χ3v) is 3.86. The molecule has 0 radical (unpaired) electrons. The summed E-state index contributed by atoms with van der Waals surface area (Å²) in [5.74, 6) is 0. The van der Waals surface area contributed by atoms with Crippen molar-refractivity contribution in [1.82, 2.24) is 4.98 Å². The Bertz CT molecular complexity index is 605. The van der Waals surface area contributed by atoms with Gasteiger partial charge in [0.1, 0.15) is 0 Å². The van der Waals surface area contributed by atoms with Gasteiger partial charge in [0.2, 0.25) is 0 Å². The molecule has 0 N–H and O–H groups in total. The van der Waals surface area contributed by atoms with Gasteiger partial charge in [-0.3, -0.25) is 15.1 Å². The summed E-state index contributed by atoms with van der Waals surface area (Å²) < 4.78 is 0.651. The molecule has 1 heterocycles. The fourth-order valence-electron chi connectivity index (χ4n) is 1.93. The van der Waals surface area contributed by atoms with Crippen LogP contribution in [0.15, 0.2) is 42.7 Å². The van der Waals surface area contributed by atoms with Crippen LogP contribution in [-0.2, 0) is 6.54 Å². The largest absolute Gasteiger partial charge is 0.367 e. The Morgan fingerprint density at radius 2 is 2.00 bits per heavy atom. The molecule has 0 amide bonds. The molecule has 104 valence electrons. The minimum Gasteiger partial charge on any atom is -0.367 e. The number of rotatable bonds is 5. The Morgan fingerprint density at radius 1 is 1.30 bits per heavy atom. The lowest BCUT2D eigenvalue weighted by atomic mass is 10.2. The van der Waals surface area contributed by atoms with Gasteiger partial charge in [0.15, 0.2) is 0 Å². The summed E-state index contributed by atoms with van der Waals surface area (Å²) in [5.41, 5.74) is 2.30. The van der Waals surface area contributed by atoms with Crippen molar-refractivity contribution in [1.29, 1.82) is 0 Å². The van der Waals surface area contributed by atoms with Crippen molar-refractivity contribution in [3.8, 4) is 0 Å². The van der Waals surface area contributed by atoms with Crippen LogP contribution in [0.5, 0.6) is 0 Å². The van der Waals surface area contributed by atoms with Gasteiger partial charge in [-0.2, -0.15) is 0 Å². The fourth-order valence-corrected chi connectivity index (χ4v) is 2.63. The van der Waals surface area contributed by atoms with E-state index in [0.717, 1.165) is 24.3 Å². The third kappa shape index (κ3) is 3.44. The standard InChI is InChI=1S/C14H14IN3O2/c1-2-17(10-11-5-7-16-8-6-11)12-3-4-14(18(19)20)13(15)9-12/h3-9H,2,10H2,1H3. The van der Waals surface area contributed by atoms with Gasteiger partial charge in [-0.25, -0.2) is 0 Å². The minimum atomic E-state index is -0.356. The Balaban J connectivity index is 2.24. The van der Waals surface area contributed by atoms with E-state index >= 15 is 0 Å². The van der Waals surface area contributed by atoms with Crippen LogP contribution in [0.1, 0.15) is 12.5 Å². The average molecular weight is 383 g/mol. The molecule has 0 saturated carbocycles. The van der Waals surface area contributed by atoms with Crippen LogP contribution in [0.4, 0.5) is 11.4 Å². The number of nitrogens with zero attached hydrogens (tertiary/aromatic N) is 3. The van der Waals surface area contributed by atoms with E-state index in [1.807, 2.05) is 40.8 Å². The predicted octanol–water partition coefficient (Wildman–Crippen LogP) is 3.62. The van der Waals surface area contributed by atoms with Gasteiger partial charge >= 0.3 is 0 Å². The highest BCUT2D eigenvalue weighted by Gasteiger charge is 2.14. The first-order valence-electron chi connectivity index (χ1n) is 6.19. The summed E-state index contributed by atoms with van der Waals surface area (Å²) in [6.45, 7) is 3.65. The second-order valence-corrected chi connectivity index (χ2v) is 5.42. The Kier molecular flexibility index (Phi) is 4.89. The summed E-state index contributed by atoms with van der Waals surface area (Å²) in [4.78, 5) is 16.7. The first kappa shape index (κ1) is 14.7. The molecule has 0 aliphatic heterocycles. The van der Waals surface area contributed by atoms with Crippen LogP contribution in [0.3, 0.4) is 0 Å². The van der Waals surface area contributed by atoms with Crippen molar-refractivity contribution >= 4 is 34.0 Å². The quantitative estimate of drug-likeness (QED) is 0.450. The van der Waals surface area contributed by atoms with Crippen LogP contribution in [-0.4, -0.2) is 16.5 Å². The molecular weight excluding hydrogens is 369 g/mol. The first-order valence-corrected chi connectivity index (χ1v) is 7.27. The molecule has 0 bridgehead atoms. The first-order chi connectivity index (χ1) is 9.61. The minimum absolute atomic E-state index is 0.148. The predicted molar refractivity (Wildman–Crippen MR) is 86.8 cm³/mol. The summed E-state index contributed by atoms with van der Waals surface area (Å²) in [6, 6.07) is 9.15. The number of hydrogen-bond acceptors (Lipinski definition) is 4. The van der Waals surface area contributed by atoms with E-state index in [1.54, 1.807) is 24.5 Å². The highest BCUT2D eigenvalue weighted by molar-refractivity contribution is 14.1. The van der Waals surface area contributed by atoms with Gasteiger partial charge in [0, 0.05) is 37.2 Å². The molecule has 0 aliphatic carbocycles. The smallest absolute Gasteiger partial charge is 0.282 e. The molecule has 5 nitrogen and oxygen atoms in total. The number of anilines is 1. The number of pyridine rings is 1. The second kappa shape index (κ2) is 6.65. The van der Waals surface area contributed by atoms with Crippen molar-refractivity contribution in [2.24, 2.45) is 0 Å². The number of nitro benzene ring substituents is 1. The maximum absolute atomic E-state index is 10.8. The lowest BCUT2D eigenvalue weighted by Crippen LogP contribution is -2.22. The molecule has 0 fully saturated rings. The number of halogens is 1. The van der Waals surface area contributed by atoms with E-state index in [4.69, 9.17) is 0 Å². The summed E-state index contributed by atoms with van der Waals surface area (Å²) >= 11 is 2.00. The Labute approximate surface area is 130 Å². The van der Waals surface area contributed by atoms with E-state index < -0.39 is 0 Å². The zero-order valence-electron chi connectivity index (χ0n) is 11.0. The van der Waals surface area contributed by atoms with Gasteiger partial charge in [0.25, 0.3) is 5.69 Å². The van der Waals surface area contributed by atoms with Crippen molar-refractivity contribution < 1.29 is 4.92 Å². The van der Waals surface area contributed by atoms with Crippen molar-refractivity contribution in [2.45, 2.75) is 13.5 Å². The molecule has 1 aromatic heterocycles. The molecular formula is C14H14IN3O2. The molecule has 0 spiro atoms. The SMILES string of the molecule is CCN(Cc1ccncc1)c1ccc([N+](=O)[O-])c(I)c1. The number of hydrogen-bond donors (Lipinski definition) is 0. The summed E-state index contributed by atoms with van der Waals surface area (Å²) in [7, 11) is 0. The third-order valence-electron chi connectivity index (χ3n) is 3.00. The highest BCUT2D eigenvalue weighted by atomic mass is 127. The molecule has 0 saturated heterocycles. The van der Waals surface area contributed by atoms with Crippen LogP contribution < -0.4 is 4.90 Å². The molecule has 0 unspecified atom stereocenters. The Hall–Kier alpha value is -1.70. The summed E-state index contributed by atoms with van der Waals surface area (Å²) in [6.07, 6.45) is 3.53. The van der Waals surface area contributed by atoms with Gasteiger partial charge in [-0.1, -0.05) is 0 Å². The molecule has 2 aromatic rings. The van der Waals surface area contributed by atoms with Gasteiger partial charge < -0.3 is 4.90 Å². The zero-order chi connectivity index (χ0) is 14.5. The van der Waals surface area contributed by atoms with E-state index in [1.165, 1.54) is 0 Å².